The average Bonchev–Trinajstić information content (AvgIpc) is 3.07. The molecule has 162 valence electrons. The van der Waals surface area contributed by atoms with Crippen LogP contribution in [0.5, 0.6) is 11.5 Å². The molecule has 0 atom stereocenters. The van der Waals surface area contributed by atoms with E-state index in [0.717, 1.165) is 28.1 Å². The highest BCUT2D eigenvalue weighted by atomic mass is 32.2. The van der Waals surface area contributed by atoms with Gasteiger partial charge in [-0.1, -0.05) is 41.5 Å². The fourth-order valence-corrected chi connectivity index (χ4v) is 4.24. The maximum absolute atomic E-state index is 13.4. The normalized spacial score (nSPS) is 16.2. The molecule has 5 nitrogen and oxygen atoms in total. The summed E-state index contributed by atoms with van der Waals surface area (Å²) in [4.78, 5) is 20.3. The zero-order valence-electron chi connectivity index (χ0n) is 18.2. The van der Waals surface area contributed by atoms with E-state index in [1.165, 1.54) is 11.8 Å². The topological polar surface area (TPSA) is 62.1 Å². The van der Waals surface area contributed by atoms with Gasteiger partial charge in [0.2, 0.25) is 0 Å². The van der Waals surface area contributed by atoms with Gasteiger partial charge in [0, 0.05) is 0 Å². The first-order valence-corrected chi connectivity index (χ1v) is 11.2. The molecule has 1 heterocycles. The number of hydrogen-bond acceptors (Lipinski definition) is 5. The summed E-state index contributed by atoms with van der Waals surface area (Å²) in [5.41, 5.74) is 4.59. The van der Waals surface area contributed by atoms with Crippen LogP contribution in [-0.4, -0.2) is 22.8 Å². The van der Waals surface area contributed by atoms with Crippen LogP contribution >= 0.6 is 11.8 Å². The van der Waals surface area contributed by atoms with Crippen molar-refractivity contribution in [1.29, 1.82) is 0 Å². The van der Waals surface area contributed by atoms with Crippen molar-refractivity contribution in [2.45, 2.75) is 20.8 Å². The second-order valence-corrected chi connectivity index (χ2v) is 8.49. The highest BCUT2D eigenvalue weighted by Gasteiger charge is 2.34. The number of aromatic hydroxyl groups is 1. The summed E-state index contributed by atoms with van der Waals surface area (Å²) in [5.74, 6) is 0.319. The summed E-state index contributed by atoms with van der Waals surface area (Å²) in [5, 5.41) is 10.6. The quantitative estimate of drug-likeness (QED) is 0.475. The highest BCUT2D eigenvalue weighted by Crippen LogP contribution is 2.38. The molecule has 3 aromatic rings. The second kappa shape index (κ2) is 9.32. The number of amidine groups is 1. The molecule has 0 aliphatic carbocycles. The van der Waals surface area contributed by atoms with Gasteiger partial charge in [0.1, 0.15) is 0 Å². The van der Waals surface area contributed by atoms with Crippen molar-refractivity contribution in [2.24, 2.45) is 4.99 Å². The van der Waals surface area contributed by atoms with E-state index in [4.69, 9.17) is 9.73 Å². The van der Waals surface area contributed by atoms with Gasteiger partial charge >= 0.3 is 0 Å². The number of amides is 1. The molecular weight excluding hydrogens is 420 g/mol. The third-order valence-electron chi connectivity index (χ3n) is 4.94. The molecule has 0 unspecified atom stereocenters. The molecule has 32 heavy (non-hydrogen) atoms. The lowest BCUT2D eigenvalue weighted by Crippen LogP contribution is -2.28. The van der Waals surface area contributed by atoms with Crippen LogP contribution in [0.15, 0.2) is 76.6 Å². The molecule has 6 heteroatoms. The van der Waals surface area contributed by atoms with Crippen LogP contribution in [0.1, 0.15) is 23.6 Å². The van der Waals surface area contributed by atoms with Crippen LogP contribution in [0.25, 0.3) is 6.08 Å². The monoisotopic (exact) mass is 444 g/mol. The van der Waals surface area contributed by atoms with E-state index < -0.39 is 0 Å². The number of anilines is 1. The fraction of sp³-hybridized carbons (Fsp3) is 0.154. The molecule has 1 saturated heterocycles. The van der Waals surface area contributed by atoms with Crippen LogP contribution in [0.4, 0.5) is 11.4 Å². The molecule has 0 spiro atoms. The van der Waals surface area contributed by atoms with Crippen LogP contribution in [0, 0.1) is 13.8 Å². The second-order valence-electron chi connectivity index (χ2n) is 7.48. The van der Waals surface area contributed by atoms with Crippen molar-refractivity contribution in [3.63, 3.8) is 0 Å². The lowest BCUT2D eigenvalue weighted by Gasteiger charge is -2.16. The molecule has 0 radical (unpaired) electrons. The molecular formula is C26H24N2O3S. The largest absolute Gasteiger partial charge is 0.504 e. The maximum atomic E-state index is 13.4. The zero-order valence-corrected chi connectivity index (χ0v) is 19.0. The Morgan fingerprint density at radius 1 is 1.00 bits per heavy atom. The molecule has 1 aliphatic heterocycles. The Kier molecular flexibility index (Phi) is 6.32. The van der Waals surface area contributed by atoms with E-state index in [1.54, 1.807) is 29.2 Å². The van der Waals surface area contributed by atoms with Gasteiger partial charge in [-0.3, -0.25) is 9.69 Å². The molecule has 0 aromatic heterocycles. The van der Waals surface area contributed by atoms with Crippen molar-refractivity contribution in [2.75, 3.05) is 11.5 Å². The first-order chi connectivity index (χ1) is 15.4. The van der Waals surface area contributed by atoms with Crippen LogP contribution < -0.4 is 9.64 Å². The molecule has 1 aliphatic rings. The molecule has 1 fully saturated rings. The molecule has 1 amide bonds. The Bertz CT molecular complexity index is 1200. The number of nitrogens with zero attached hydrogens (tertiary/aromatic N) is 2. The lowest BCUT2D eigenvalue weighted by molar-refractivity contribution is -0.113. The number of phenols is 1. The summed E-state index contributed by atoms with van der Waals surface area (Å²) < 4.78 is 5.47. The van der Waals surface area contributed by atoms with Crippen molar-refractivity contribution in [3.8, 4) is 11.5 Å². The van der Waals surface area contributed by atoms with E-state index in [-0.39, 0.29) is 11.7 Å². The Morgan fingerprint density at radius 2 is 1.66 bits per heavy atom. The number of rotatable bonds is 5. The van der Waals surface area contributed by atoms with Crippen molar-refractivity contribution >= 4 is 40.3 Å². The zero-order chi connectivity index (χ0) is 22.7. The van der Waals surface area contributed by atoms with E-state index in [1.807, 2.05) is 69.3 Å². The molecule has 0 bridgehead atoms. The number of carbonyl (C=O) groups is 1. The summed E-state index contributed by atoms with van der Waals surface area (Å²) in [7, 11) is 0. The number of ether oxygens (including phenoxy) is 1. The van der Waals surface area contributed by atoms with Crippen LogP contribution in [0.2, 0.25) is 0 Å². The number of phenolic OH excluding ortho intramolecular Hbond substituents is 1. The van der Waals surface area contributed by atoms with Crippen LogP contribution in [0.3, 0.4) is 0 Å². The lowest BCUT2D eigenvalue weighted by atomic mass is 10.1. The smallest absolute Gasteiger partial charge is 0.271 e. The predicted molar refractivity (Wildman–Crippen MR) is 132 cm³/mol. The van der Waals surface area contributed by atoms with Crippen molar-refractivity contribution in [3.05, 3.63) is 88.3 Å². The average molecular weight is 445 g/mol. The number of benzene rings is 3. The number of aryl methyl sites for hydroxylation is 2. The molecule has 0 saturated carbocycles. The van der Waals surface area contributed by atoms with Gasteiger partial charge in [0.15, 0.2) is 16.7 Å². The Balaban J connectivity index is 1.75. The van der Waals surface area contributed by atoms with Gasteiger partial charge in [0.05, 0.1) is 22.9 Å². The van der Waals surface area contributed by atoms with Gasteiger partial charge in [-0.05, 0) is 80.6 Å². The Labute approximate surface area is 192 Å². The van der Waals surface area contributed by atoms with E-state index in [0.29, 0.717) is 22.4 Å². The fourth-order valence-electron chi connectivity index (χ4n) is 3.24. The van der Waals surface area contributed by atoms with Crippen molar-refractivity contribution in [1.82, 2.24) is 0 Å². The Morgan fingerprint density at radius 3 is 2.31 bits per heavy atom. The van der Waals surface area contributed by atoms with Crippen molar-refractivity contribution < 1.29 is 14.6 Å². The number of carbonyl (C=O) groups excluding carboxylic acids is 1. The van der Waals surface area contributed by atoms with E-state index >= 15 is 0 Å². The molecule has 3 aromatic carbocycles. The number of aliphatic imine (C=N–C) groups is 1. The Hall–Kier alpha value is -3.51. The maximum Gasteiger partial charge on any atom is 0.271 e. The van der Waals surface area contributed by atoms with Gasteiger partial charge in [0.25, 0.3) is 5.91 Å². The van der Waals surface area contributed by atoms with Crippen LogP contribution in [-0.2, 0) is 4.79 Å². The van der Waals surface area contributed by atoms with Gasteiger partial charge in [-0.15, -0.1) is 0 Å². The minimum Gasteiger partial charge on any atom is -0.504 e. The van der Waals surface area contributed by atoms with Gasteiger partial charge in [-0.25, -0.2) is 4.99 Å². The number of thioether (sulfide) groups is 1. The third-order valence-corrected chi connectivity index (χ3v) is 5.91. The summed E-state index contributed by atoms with van der Waals surface area (Å²) in [6.07, 6.45) is 1.80. The third kappa shape index (κ3) is 4.70. The highest BCUT2D eigenvalue weighted by molar-refractivity contribution is 8.19. The minimum absolute atomic E-state index is 0.0716. The van der Waals surface area contributed by atoms with Gasteiger partial charge in [-0.2, -0.15) is 0 Å². The molecule has 1 N–H and O–H groups in total. The summed E-state index contributed by atoms with van der Waals surface area (Å²) in [6.45, 7) is 6.33. The molecule has 4 rings (SSSR count). The first-order valence-electron chi connectivity index (χ1n) is 10.4. The van der Waals surface area contributed by atoms with E-state index in [2.05, 4.69) is 0 Å². The predicted octanol–water partition coefficient (Wildman–Crippen LogP) is 6.22. The van der Waals surface area contributed by atoms with E-state index in [9.17, 15) is 9.90 Å². The summed E-state index contributed by atoms with van der Waals surface area (Å²) in [6, 6.07) is 20.7. The number of hydrogen-bond donors (Lipinski definition) is 1. The minimum atomic E-state index is -0.143. The van der Waals surface area contributed by atoms with Gasteiger partial charge < -0.3 is 9.84 Å². The standard InChI is InChI=1S/C26H24N2O3S/c1-4-31-23-15-19(9-14-22(23)29)16-24-25(30)28(21-12-7-18(3)8-13-21)26(32-24)27-20-10-5-17(2)6-11-20/h5-16,29H,4H2,1-3H3/b24-16-,27-26?. The summed E-state index contributed by atoms with van der Waals surface area (Å²) >= 11 is 1.33. The SMILES string of the molecule is CCOc1cc(/C=C2\SC(=Nc3ccc(C)cc3)N(c3ccc(C)cc3)C2=O)ccc1O. The first kappa shape index (κ1) is 21.7.